The summed E-state index contributed by atoms with van der Waals surface area (Å²) in [6, 6.07) is 7.78. The molecule has 1 fully saturated rings. The van der Waals surface area contributed by atoms with Crippen molar-refractivity contribution in [2.24, 2.45) is 5.92 Å². The largest absolute Gasteiger partial charge is 0.444 e. The summed E-state index contributed by atoms with van der Waals surface area (Å²) >= 11 is 0. The van der Waals surface area contributed by atoms with Crippen molar-refractivity contribution in [3.8, 4) is 0 Å². The molecule has 2 rings (SSSR count). The van der Waals surface area contributed by atoms with Gasteiger partial charge < -0.3 is 15.0 Å². The van der Waals surface area contributed by atoms with Gasteiger partial charge in [0.1, 0.15) is 5.60 Å². The fourth-order valence-electron chi connectivity index (χ4n) is 3.16. The van der Waals surface area contributed by atoms with Gasteiger partial charge in [0.15, 0.2) is 0 Å². The molecule has 0 bridgehead atoms. The molecule has 0 saturated carbocycles. The highest BCUT2D eigenvalue weighted by atomic mass is 16.6. The van der Waals surface area contributed by atoms with Gasteiger partial charge in [0.05, 0.1) is 0 Å². The number of hydrogen-bond donors (Lipinski definition) is 1. The second-order valence-corrected chi connectivity index (χ2v) is 8.01. The summed E-state index contributed by atoms with van der Waals surface area (Å²) < 4.78 is 5.42. The van der Waals surface area contributed by atoms with Crippen molar-refractivity contribution in [2.75, 3.05) is 19.6 Å². The minimum Gasteiger partial charge on any atom is -0.444 e. The smallest absolute Gasteiger partial charge is 0.410 e. The summed E-state index contributed by atoms with van der Waals surface area (Å²) in [5.41, 5.74) is 1.45. The van der Waals surface area contributed by atoms with Gasteiger partial charge in [-0.15, -0.1) is 0 Å². The first-order chi connectivity index (χ1) is 12.3. The highest BCUT2D eigenvalue weighted by Gasteiger charge is 2.26. The third-order valence-electron chi connectivity index (χ3n) is 4.70. The summed E-state index contributed by atoms with van der Waals surface area (Å²) in [4.78, 5) is 26.1. The molecule has 144 valence electrons. The maximum absolute atomic E-state index is 12.2. The third kappa shape index (κ3) is 6.36. The number of aryl methyl sites for hydroxylation is 1. The van der Waals surface area contributed by atoms with E-state index in [4.69, 9.17) is 4.74 Å². The average Bonchev–Trinajstić information content (AvgIpc) is 2.60. The topological polar surface area (TPSA) is 58.6 Å². The maximum Gasteiger partial charge on any atom is 0.410 e. The van der Waals surface area contributed by atoms with Gasteiger partial charge in [-0.3, -0.25) is 4.79 Å². The first kappa shape index (κ1) is 20.3. The van der Waals surface area contributed by atoms with Gasteiger partial charge in [-0.2, -0.15) is 0 Å². The van der Waals surface area contributed by atoms with Crippen molar-refractivity contribution < 1.29 is 14.3 Å². The van der Waals surface area contributed by atoms with Crippen LogP contribution in [0.1, 0.15) is 62.9 Å². The van der Waals surface area contributed by atoms with Crippen LogP contribution in [0, 0.1) is 5.92 Å². The number of nitrogens with zero attached hydrogens (tertiary/aromatic N) is 1. The van der Waals surface area contributed by atoms with E-state index in [1.54, 1.807) is 4.90 Å². The van der Waals surface area contributed by atoms with Crippen molar-refractivity contribution >= 4 is 12.0 Å². The van der Waals surface area contributed by atoms with Crippen molar-refractivity contribution in [1.29, 1.82) is 0 Å². The molecule has 0 radical (unpaired) electrons. The highest BCUT2D eigenvalue weighted by Crippen LogP contribution is 2.22. The minimum atomic E-state index is -0.451. The molecule has 5 nitrogen and oxygen atoms in total. The number of nitrogens with one attached hydrogen (secondary N) is 1. The van der Waals surface area contributed by atoms with Gasteiger partial charge in [0.2, 0.25) is 0 Å². The summed E-state index contributed by atoms with van der Waals surface area (Å²) in [6.07, 6.45) is 3.57. The van der Waals surface area contributed by atoms with E-state index in [9.17, 15) is 9.59 Å². The minimum absolute atomic E-state index is 0.00788. The second-order valence-electron chi connectivity index (χ2n) is 8.01. The summed E-state index contributed by atoms with van der Waals surface area (Å²) in [5.74, 6) is 0.530. The molecule has 1 aromatic rings. The van der Waals surface area contributed by atoms with Crippen LogP contribution in [0.3, 0.4) is 0 Å². The van der Waals surface area contributed by atoms with Crippen molar-refractivity contribution in [3.05, 3.63) is 35.4 Å². The lowest BCUT2D eigenvalue weighted by molar-refractivity contribution is 0.0182. The normalized spacial score (nSPS) is 15.6. The standard InChI is InChI=1S/C21H32N2O3/c1-5-16-7-6-8-18(15-16)19(24)22-12-9-17-10-13-23(14-11-17)20(25)26-21(2,3)4/h6-8,15,17H,5,9-14H2,1-4H3,(H,22,24). The van der Waals surface area contributed by atoms with E-state index in [0.29, 0.717) is 12.5 Å². The van der Waals surface area contributed by atoms with Crippen LogP contribution in [0.2, 0.25) is 0 Å². The zero-order valence-electron chi connectivity index (χ0n) is 16.5. The molecule has 1 N–H and O–H groups in total. The van der Waals surface area contributed by atoms with Crippen LogP contribution in [0.25, 0.3) is 0 Å². The molecule has 0 aliphatic carbocycles. The zero-order valence-corrected chi connectivity index (χ0v) is 16.5. The van der Waals surface area contributed by atoms with Crippen molar-refractivity contribution in [1.82, 2.24) is 10.2 Å². The number of benzene rings is 1. The van der Waals surface area contributed by atoms with E-state index in [1.807, 2.05) is 45.0 Å². The molecular formula is C21H32N2O3. The molecule has 1 aliphatic heterocycles. The summed E-state index contributed by atoms with van der Waals surface area (Å²) in [5, 5.41) is 3.02. The Morgan fingerprint density at radius 3 is 2.54 bits per heavy atom. The van der Waals surface area contributed by atoms with Gasteiger partial charge in [0, 0.05) is 25.2 Å². The Kier molecular flexibility index (Phi) is 7.06. The number of amides is 2. The van der Waals surface area contributed by atoms with Gasteiger partial charge in [-0.1, -0.05) is 19.1 Å². The number of carbonyl (C=O) groups is 2. The maximum atomic E-state index is 12.2. The van der Waals surface area contributed by atoms with Gasteiger partial charge in [0.25, 0.3) is 5.91 Å². The van der Waals surface area contributed by atoms with Crippen LogP contribution in [-0.2, 0) is 11.2 Å². The fourth-order valence-corrected chi connectivity index (χ4v) is 3.16. The Bertz CT molecular complexity index is 614. The first-order valence-corrected chi connectivity index (χ1v) is 9.63. The summed E-state index contributed by atoms with van der Waals surface area (Å²) in [7, 11) is 0. The number of piperidine rings is 1. The Labute approximate surface area is 157 Å². The molecule has 26 heavy (non-hydrogen) atoms. The van der Waals surface area contributed by atoms with E-state index >= 15 is 0 Å². The van der Waals surface area contributed by atoms with E-state index < -0.39 is 5.60 Å². The number of hydrogen-bond acceptors (Lipinski definition) is 3. The lowest BCUT2D eigenvalue weighted by Gasteiger charge is -2.33. The van der Waals surface area contributed by atoms with E-state index in [0.717, 1.165) is 44.3 Å². The Morgan fingerprint density at radius 1 is 1.23 bits per heavy atom. The number of likely N-dealkylation sites (tertiary alicyclic amines) is 1. The average molecular weight is 360 g/mol. The third-order valence-corrected chi connectivity index (χ3v) is 4.70. The predicted octanol–water partition coefficient (Wildman–Crippen LogP) is 4.02. The van der Waals surface area contributed by atoms with E-state index in [2.05, 4.69) is 12.2 Å². The summed E-state index contributed by atoms with van der Waals surface area (Å²) in [6.45, 7) is 9.87. The number of ether oxygens (including phenoxy) is 1. The Hall–Kier alpha value is -2.04. The Morgan fingerprint density at radius 2 is 1.92 bits per heavy atom. The molecule has 1 saturated heterocycles. The first-order valence-electron chi connectivity index (χ1n) is 9.63. The SMILES string of the molecule is CCc1cccc(C(=O)NCCC2CCN(C(=O)OC(C)(C)C)CC2)c1. The number of carbonyl (C=O) groups excluding carboxylic acids is 2. The van der Waals surface area contributed by atoms with Crippen LogP contribution in [-0.4, -0.2) is 42.1 Å². The molecular weight excluding hydrogens is 328 g/mol. The monoisotopic (exact) mass is 360 g/mol. The van der Waals surface area contributed by atoms with Crippen molar-refractivity contribution in [2.45, 2.75) is 59.0 Å². The van der Waals surface area contributed by atoms with Crippen LogP contribution >= 0.6 is 0 Å². The second kappa shape index (κ2) is 9.06. The molecule has 0 unspecified atom stereocenters. The molecule has 0 aromatic heterocycles. The van der Waals surface area contributed by atoms with Crippen LogP contribution in [0.15, 0.2) is 24.3 Å². The molecule has 0 spiro atoms. The molecule has 5 heteroatoms. The predicted molar refractivity (Wildman–Crippen MR) is 103 cm³/mol. The van der Waals surface area contributed by atoms with Gasteiger partial charge in [-0.25, -0.2) is 4.79 Å². The lowest BCUT2D eigenvalue weighted by atomic mass is 9.94. The zero-order chi connectivity index (χ0) is 19.2. The lowest BCUT2D eigenvalue weighted by Crippen LogP contribution is -2.42. The van der Waals surface area contributed by atoms with Gasteiger partial charge in [-0.05, 0) is 70.1 Å². The van der Waals surface area contributed by atoms with Crippen LogP contribution in [0.5, 0.6) is 0 Å². The van der Waals surface area contributed by atoms with Crippen molar-refractivity contribution in [3.63, 3.8) is 0 Å². The molecule has 2 amide bonds. The van der Waals surface area contributed by atoms with E-state index in [-0.39, 0.29) is 12.0 Å². The highest BCUT2D eigenvalue weighted by molar-refractivity contribution is 5.94. The molecule has 1 heterocycles. The molecule has 1 aromatic carbocycles. The number of rotatable bonds is 5. The molecule has 0 atom stereocenters. The molecule has 1 aliphatic rings. The van der Waals surface area contributed by atoms with Crippen LogP contribution < -0.4 is 5.32 Å². The Balaban J connectivity index is 1.70. The van der Waals surface area contributed by atoms with Gasteiger partial charge >= 0.3 is 6.09 Å². The quantitative estimate of drug-likeness (QED) is 0.863. The van der Waals surface area contributed by atoms with Crippen LogP contribution in [0.4, 0.5) is 4.79 Å². The van der Waals surface area contributed by atoms with E-state index in [1.165, 1.54) is 5.56 Å². The fraction of sp³-hybridized carbons (Fsp3) is 0.619.